The maximum absolute atomic E-state index is 13.1. The van der Waals surface area contributed by atoms with Gasteiger partial charge in [-0.1, -0.05) is 11.6 Å². The topological polar surface area (TPSA) is 46.5 Å². The lowest BCUT2D eigenvalue weighted by molar-refractivity contribution is 0.0687. The Morgan fingerprint density at radius 1 is 1.64 bits per heavy atom. The Labute approximate surface area is 85.1 Å². The minimum absolute atomic E-state index is 0.0886. The van der Waals surface area contributed by atoms with E-state index in [-0.39, 0.29) is 17.4 Å². The van der Waals surface area contributed by atoms with E-state index in [1.165, 1.54) is 6.07 Å². The molecule has 0 aliphatic carbocycles. The Morgan fingerprint density at radius 2 is 2.29 bits per heavy atom. The van der Waals surface area contributed by atoms with E-state index >= 15 is 0 Å². The second-order valence-corrected chi connectivity index (χ2v) is 2.88. The first-order valence-corrected chi connectivity index (χ1v) is 4.29. The number of ether oxygens (including phenoxy) is 1. The van der Waals surface area contributed by atoms with Gasteiger partial charge in [0.1, 0.15) is 11.4 Å². The molecule has 0 saturated heterocycles. The van der Waals surface area contributed by atoms with E-state index in [9.17, 15) is 9.18 Å². The van der Waals surface area contributed by atoms with Crippen molar-refractivity contribution in [3.63, 3.8) is 0 Å². The molecular formula is C9H8ClFO3. The number of carbonyl (C=O) groups is 1. The third-order valence-electron chi connectivity index (χ3n) is 1.56. The minimum atomic E-state index is -1.39. The Hall–Kier alpha value is -1.29. The van der Waals surface area contributed by atoms with E-state index in [1.54, 1.807) is 6.92 Å². The van der Waals surface area contributed by atoms with Crippen LogP contribution in [0.15, 0.2) is 12.1 Å². The molecule has 0 fully saturated rings. The van der Waals surface area contributed by atoms with Crippen LogP contribution < -0.4 is 4.74 Å². The molecule has 0 radical (unpaired) electrons. The number of carboxylic acid groups (broad SMARTS) is 1. The molecule has 3 nitrogen and oxygen atoms in total. The second kappa shape index (κ2) is 4.28. The first kappa shape index (κ1) is 10.8. The maximum Gasteiger partial charge on any atom is 0.342 e. The molecule has 0 aliphatic heterocycles. The molecule has 0 saturated carbocycles. The van der Waals surface area contributed by atoms with E-state index in [4.69, 9.17) is 21.4 Å². The number of rotatable bonds is 3. The third kappa shape index (κ3) is 1.96. The molecule has 0 atom stereocenters. The van der Waals surface area contributed by atoms with Gasteiger partial charge in [0.2, 0.25) is 0 Å². The number of hydrogen-bond donors (Lipinski definition) is 1. The zero-order chi connectivity index (χ0) is 10.7. The van der Waals surface area contributed by atoms with Crippen LogP contribution in [-0.2, 0) is 0 Å². The largest absolute Gasteiger partial charge is 0.491 e. The number of halogens is 2. The van der Waals surface area contributed by atoms with Crippen LogP contribution in [0.4, 0.5) is 4.39 Å². The van der Waals surface area contributed by atoms with Crippen molar-refractivity contribution < 1.29 is 19.0 Å². The van der Waals surface area contributed by atoms with Crippen LogP contribution in [0.2, 0.25) is 5.02 Å². The van der Waals surface area contributed by atoms with Crippen LogP contribution in [0, 0.1) is 5.82 Å². The van der Waals surface area contributed by atoms with Crippen LogP contribution in [0.5, 0.6) is 5.75 Å². The number of carboxylic acids is 1. The van der Waals surface area contributed by atoms with Crippen LogP contribution >= 0.6 is 11.6 Å². The lowest BCUT2D eigenvalue weighted by Gasteiger charge is -2.09. The van der Waals surface area contributed by atoms with E-state index in [0.29, 0.717) is 0 Å². The molecule has 0 bridgehead atoms. The van der Waals surface area contributed by atoms with Gasteiger partial charge >= 0.3 is 5.97 Å². The minimum Gasteiger partial charge on any atom is -0.491 e. The molecule has 0 aromatic heterocycles. The highest BCUT2D eigenvalue weighted by molar-refractivity contribution is 6.32. The van der Waals surface area contributed by atoms with Crippen molar-refractivity contribution in [3.05, 3.63) is 28.5 Å². The summed E-state index contributed by atoms with van der Waals surface area (Å²) >= 11 is 5.67. The normalized spacial score (nSPS) is 9.93. The molecule has 1 rings (SSSR count). The van der Waals surface area contributed by atoms with Crippen LogP contribution in [0.1, 0.15) is 17.3 Å². The number of hydrogen-bond acceptors (Lipinski definition) is 2. The third-order valence-corrected chi connectivity index (χ3v) is 1.86. The summed E-state index contributed by atoms with van der Waals surface area (Å²) in [4.78, 5) is 10.7. The summed E-state index contributed by atoms with van der Waals surface area (Å²) in [5, 5.41) is 8.81. The van der Waals surface area contributed by atoms with Gasteiger partial charge in [-0.15, -0.1) is 0 Å². The smallest absolute Gasteiger partial charge is 0.342 e. The summed E-state index contributed by atoms with van der Waals surface area (Å²) in [7, 11) is 0. The van der Waals surface area contributed by atoms with Gasteiger partial charge in [0.25, 0.3) is 0 Å². The molecule has 0 unspecified atom stereocenters. The second-order valence-electron chi connectivity index (χ2n) is 2.47. The van der Waals surface area contributed by atoms with Crippen LogP contribution in [0.25, 0.3) is 0 Å². The Kier molecular flexibility index (Phi) is 3.30. The highest BCUT2D eigenvalue weighted by atomic mass is 35.5. The van der Waals surface area contributed by atoms with Gasteiger partial charge in [0, 0.05) is 0 Å². The van der Waals surface area contributed by atoms with Gasteiger partial charge in [0.15, 0.2) is 5.75 Å². The van der Waals surface area contributed by atoms with Crippen molar-refractivity contribution in [2.75, 3.05) is 6.61 Å². The predicted octanol–water partition coefficient (Wildman–Crippen LogP) is 2.58. The molecule has 0 spiro atoms. The fourth-order valence-corrected chi connectivity index (χ4v) is 1.23. The van der Waals surface area contributed by atoms with E-state index in [1.807, 2.05) is 0 Å². The van der Waals surface area contributed by atoms with Crippen molar-refractivity contribution in [1.82, 2.24) is 0 Å². The Bertz CT molecular complexity index is 365. The number of aromatic carboxylic acids is 1. The van der Waals surface area contributed by atoms with Crippen molar-refractivity contribution in [2.24, 2.45) is 0 Å². The molecule has 1 aromatic rings. The SMILES string of the molecule is CCOc1c(Cl)ccc(F)c1C(=O)O. The monoisotopic (exact) mass is 218 g/mol. The maximum atomic E-state index is 13.1. The highest BCUT2D eigenvalue weighted by Crippen LogP contribution is 2.30. The first-order chi connectivity index (χ1) is 6.57. The van der Waals surface area contributed by atoms with Gasteiger partial charge in [-0.25, -0.2) is 9.18 Å². The molecule has 76 valence electrons. The number of benzene rings is 1. The fourth-order valence-electron chi connectivity index (χ4n) is 1.02. The van der Waals surface area contributed by atoms with Crippen molar-refractivity contribution in [1.29, 1.82) is 0 Å². The summed E-state index contributed by atoms with van der Waals surface area (Å²) < 4.78 is 18.0. The predicted molar refractivity (Wildman–Crippen MR) is 49.5 cm³/mol. The Balaban J connectivity index is 3.33. The summed E-state index contributed by atoms with van der Waals surface area (Å²) in [6.45, 7) is 1.89. The van der Waals surface area contributed by atoms with Crippen molar-refractivity contribution in [3.8, 4) is 5.75 Å². The zero-order valence-electron chi connectivity index (χ0n) is 7.38. The quantitative estimate of drug-likeness (QED) is 0.848. The molecule has 0 amide bonds. The summed E-state index contributed by atoms with van der Waals surface area (Å²) in [5.41, 5.74) is -0.528. The Morgan fingerprint density at radius 3 is 2.79 bits per heavy atom. The first-order valence-electron chi connectivity index (χ1n) is 3.92. The average Bonchev–Trinajstić information content (AvgIpc) is 2.11. The van der Waals surface area contributed by atoms with Crippen molar-refractivity contribution >= 4 is 17.6 Å². The molecular weight excluding hydrogens is 211 g/mol. The fraction of sp³-hybridized carbons (Fsp3) is 0.222. The van der Waals surface area contributed by atoms with Gasteiger partial charge in [-0.2, -0.15) is 0 Å². The molecule has 0 heterocycles. The molecule has 1 aromatic carbocycles. The van der Waals surface area contributed by atoms with Gasteiger partial charge in [-0.3, -0.25) is 0 Å². The lowest BCUT2D eigenvalue weighted by atomic mass is 10.2. The van der Waals surface area contributed by atoms with E-state index in [0.717, 1.165) is 6.07 Å². The van der Waals surface area contributed by atoms with E-state index in [2.05, 4.69) is 0 Å². The van der Waals surface area contributed by atoms with E-state index < -0.39 is 17.3 Å². The highest BCUT2D eigenvalue weighted by Gasteiger charge is 2.19. The standard InChI is InChI=1S/C9H8ClFO3/c1-2-14-8-5(10)3-4-6(11)7(8)9(12)13/h3-4H,2H2,1H3,(H,12,13). The van der Waals surface area contributed by atoms with Crippen molar-refractivity contribution in [2.45, 2.75) is 6.92 Å². The summed E-state index contributed by atoms with van der Waals surface area (Å²) in [5.74, 6) is -2.37. The zero-order valence-corrected chi connectivity index (χ0v) is 8.14. The van der Waals surface area contributed by atoms with Crippen LogP contribution in [0.3, 0.4) is 0 Å². The molecule has 5 heteroatoms. The summed E-state index contributed by atoms with van der Waals surface area (Å²) in [6.07, 6.45) is 0. The molecule has 0 aliphatic rings. The lowest BCUT2D eigenvalue weighted by Crippen LogP contribution is -2.06. The van der Waals surface area contributed by atoms with Gasteiger partial charge in [-0.05, 0) is 19.1 Å². The van der Waals surface area contributed by atoms with Gasteiger partial charge in [0.05, 0.1) is 11.6 Å². The van der Waals surface area contributed by atoms with Crippen LogP contribution in [-0.4, -0.2) is 17.7 Å². The molecule has 14 heavy (non-hydrogen) atoms. The average molecular weight is 219 g/mol. The van der Waals surface area contributed by atoms with Gasteiger partial charge < -0.3 is 9.84 Å². The summed E-state index contributed by atoms with van der Waals surface area (Å²) in [6, 6.07) is 2.25. The molecule has 1 N–H and O–H groups in total.